The van der Waals surface area contributed by atoms with E-state index in [9.17, 15) is 4.79 Å². The van der Waals surface area contributed by atoms with Gasteiger partial charge in [0, 0.05) is 38.1 Å². The van der Waals surface area contributed by atoms with Crippen LogP contribution in [0, 0.1) is 12.8 Å². The van der Waals surface area contributed by atoms with Crippen molar-refractivity contribution in [3.8, 4) is 0 Å². The molecule has 1 fully saturated rings. The average molecular weight is 262 g/mol. The number of nitrogens with one attached hydrogen (secondary N) is 2. The van der Waals surface area contributed by atoms with Crippen molar-refractivity contribution in [3.63, 3.8) is 0 Å². The molecule has 2 rings (SSSR count). The van der Waals surface area contributed by atoms with Crippen molar-refractivity contribution in [1.82, 2.24) is 0 Å². The predicted molar refractivity (Wildman–Crippen MR) is 77.5 cm³/mol. The van der Waals surface area contributed by atoms with Crippen LogP contribution < -0.4 is 10.6 Å². The fourth-order valence-electron chi connectivity index (χ4n) is 2.30. The van der Waals surface area contributed by atoms with Crippen LogP contribution in [0.3, 0.4) is 0 Å². The van der Waals surface area contributed by atoms with Crippen molar-refractivity contribution < 1.29 is 9.53 Å². The monoisotopic (exact) mass is 262 g/mol. The molecule has 19 heavy (non-hydrogen) atoms. The van der Waals surface area contributed by atoms with E-state index < -0.39 is 0 Å². The molecule has 0 unspecified atom stereocenters. The van der Waals surface area contributed by atoms with E-state index in [1.165, 1.54) is 12.5 Å². The molecule has 0 saturated carbocycles. The third-order valence-corrected chi connectivity index (χ3v) is 3.48. The highest BCUT2D eigenvalue weighted by atomic mass is 16.5. The molecule has 1 aromatic carbocycles. The van der Waals surface area contributed by atoms with Gasteiger partial charge in [-0.25, -0.2) is 0 Å². The second kappa shape index (κ2) is 6.57. The molecule has 1 aliphatic heterocycles. The number of hydrogen-bond acceptors (Lipinski definition) is 3. The maximum absolute atomic E-state index is 11.1. The highest BCUT2D eigenvalue weighted by molar-refractivity contribution is 5.89. The van der Waals surface area contributed by atoms with Gasteiger partial charge in [0.1, 0.15) is 0 Å². The molecule has 0 bridgehead atoms. The van der Waals surface area contributed by atoms with Crippen LogP contribution >= 0.6 is 0 Å². The van der Waals surface area contributed by atoms with Gasteiger partial charge >= 0.3 is 0 Å². The zero-order chi connectivity index (χ0) is 13.7. The van der Waals surface area contributed by atoms with Crippen LogP contribution in [0.2, 0.25) is 0 Å². The summed E-state index contributed by atoms with van der Waals surface area (Å²) in [7, 11) is 0. The Morgan fingerprint density at radius 2 is 2.11 bits per heavy atom. The Kier molecular flexibility index (Phi) is 4.80. The minimum absolute atomic E-state index is 0.0424. The van der Waals surface area contributed by atoms with E-state index in [0.717, 1.165) is 44.0 Å². The first-order chi connectivity index (χ1) is 9.15. The molecule has 4 heteroatoms. The summed E-state index contributed by atoms with van der Waals surface area (Å²) in [6.45, 7) is 6.31. The third-order valence-electron chi connectivity index (χ3n) is 3.48. The number of anilines is 2. The van der Waals surface area contributed by atoms with E-state index in [1.54, 1.807) is 0 Å². The van der Waals surface area contributed by atoms with Gasteiger partial charge < -0.3 is 15.4 Å². The molecule has 2 N–H and O–H groups in total. The van der Waals surface area contributed by atoms with Crippen LogP contribution in [0.4, 0.5) is 11.4 Å². The Morgan fingerprint density at radius 1 is 1.37 bits per heavy atom. The van der Waals surface area contributed by atoms with Gasteiger partial charge in [0.2, 0.25) is 5.91 Å². The maximum Gasteiger partial charge on any atom is 0.221 e. The van der Waals surface area contributed by atoms with Gasteiger partial charge in [-0.15, -0.1) is 0 Å². The van der Waals surface area contributed by atoms with Crippen molar-refractivity contribution in [3.05, 3.63) is 23.8 Å². The molecule has 1 saturated heterocycles. The molecule has 0 spiro atoms. The van der Waals surface area contributed by atoms with Crippen LogP contribution in [0.1, 0.15) is 25.3 Å². The Balaban J connectivity index is 1.95. The summed E-state index contributed by atoms with van der Waals surface area (Å²) in [4.78, 5) is 11.1. The minimum atomic E-state index is -0.0424. The molecule has 0 aliphatic carbocycles. The molecule has 1 aliphatic rings. The van der Waals surface area contributed by atoms with E-state index in [-0.39, 0.29) is 5.91 Å². The lowest BCUT2D eigenvalue weighted by atomic mass is 10.00. The molecule has 1 amide bonds. The lowest BCUT2D eigenvalue weighted by Crippen LogP contribution is -2.22. The Morgan fingerprint density at radius 3 is 2.79 bits per heavy atom. The van der Waals surface area contributed by atoms with Crippen LogP contribution in [0.25, 0.3) is 0 Å². The van der Waals surface area contributed by atoms with Crippen molar-refractivity contribution >= 4 is 17.3 Å². The lowest BCUT2D eigenvalue weighted by molar-refractivity contribution is -0.114. The first-order valence-corrected chi connectivity index (χ1v) is 6.85. The second-order valence-corrected chi connectivity index (χ2v) is 5.15. The molecule has 104 valence electrons. The standard InChI is InChI=1S/C15H22N2O2/c1-11-3-4-14(17-12(2)18)9-15(11)16-10-13-5-7-19-8-6-13/h3-4,9,13,16H,5-8,10H2,1-2H3,(H,17,18). The van der Waals surface area contributed by atoms with Crippen LogP contribution in [-0.2, 0) is 9.53 Å². The largest absolute Gasteiger partial charge is 0.384 e. The van der Waals surface area contributed by atoms with Crippen LogP contribution in [0.15, 0.2) is 18.2 Å². The van der Waals surface area contributed by atoms with Gasteiger partial charge in [0.05, 0.1) is 0 Å². The molecule has 0 aromatic heterocycles. The highest BCUT2D eigenvalue weighted by Crippen LogP contribution is 2.22. The fourth-order valence-corrected chi connectivity index (χ4v) is 2.30. The zero-order valence-corrected chi connectivity index (χ0v) is 11.7. The lowest BCUT2D eigenvalue weighted by Gasteiger charge is -2.23. The van der Waals surface area contributed by atoms with E-state index in [0.29, 0.717) is 5.92 Å². The third kappa shape index (κ3) is 4.24. The molecule has 0 radical (unpaired) electrons. The maximum atomic E-state index is 11.1. The molecule has 1 aromatic rings. The SMILES string of the molecule is CC(=O)Nc1ccc(C)c(NCC2CCOCC2)c1. The summed E-state index contributed by atoms with van der Waals surface area (Å²) >= 11 is 0. The van der Waals surface area contributed by atoms with E-state index in [2.05, 4.69) is 17.6 Å². The number of carbonyl (C=O) groups is 1. The van der Waals surface area contributed by atoms with Gasteiger partial charge in [0.25, 0.3) is 0 Å². The molecule has 1 heterocycles. The van der Waals surface area contributed by atoms with Gasteiger partial charge in [0.15, 0.2) is 0 Å². The number of aryl methyl sites for hydroxylation is 1. The normalized spacial score (nSPS) is 16.1. The Hall–Kier alpha value is -1.55. The summed E-state index contributed by atoms with van der Waals surface area (Å²) < 4.78 is 5.36. The second-order valence-electron chi connectivity index (χ2n) is 5.15. The fraction of sp³-hybridized carbons (Fsp3) is 0.533. The molecular formula is C15H22N2O2. The van der Waals surface area contributed by atoms with Gasteiger partial charge in [-0.2, -0.15) is 0 Å². The van der Waals surface area contributed by atoms with E-state index in [1.807, 2.05) is 18.2 Å². The number of ether oxygens (including phenoxy) is 1. The van der Waals surface area contributed by atoms with Crippen LogP contribution in [0.5, 0.6) is 0 Å². The first kappa shape index (κ1) is 13.9. The number of carbonyl (C=O) groups excluding carboxylic acids is 1. The first-order valence-electron chi connectivity index (χ1n) is 6.85. The molecule has 0 atom stereocenters. The summed E-state index contributed by atoms with van der Waals surface area (Å²) in [5.74, 6) is 0.636. The number of hydrogen-bond donors (Lipinski definition) is 2. The van der Waals surface area contributed by atoms with Crippen molar-refractivity contribution in [2.75, 3.05) is 30.4 Å². The van der Waals surface area contributed by atoms with Crippen LogP contribution in [-0.4, -0.2) is 25.7 Å². The minimum Gasteiger partial charge on any atom is -0.384 e. The molecule has 4 nitrogen and oxygen atoms in total. The number of benzene rings is 1. The Labute approximate surface area is 114 Å². The number of amides is 1. The zero-order valence-electron chi connectivity index (χ0n) is 11.7. The van der Waals surface area contributed by atoms with Gasteiger partial charge in [-0.1, -0.05) is 6.07 Å². The summed E-state index contributed by atoms with van der Waals surface area (Å²) in [6.07, 6.45) is 2.24. The van der Waals surface area contributed by atoms with Crippen molar-refractivity contribution in [2.24, 2.45) is 5.92 Å². The predicted octanol–water partition coefficient (Wildman–Crippen LogP) is 2.79. The molecular weight excluding hydrogens is 240 g/mol. The Bertz CT molecular complexity index is 440. The smallest absolute Gasteiger partial charge is 0.221 e. The summed E-state index contributed by atoms with van der Waals surface area (Å²) in [5, 5.41) is 6.30. The van der Waals surface area contributed by atoms with E-state index >= 15 is 0 Å². The van der Waals surface area contributed by atoms with Crippen molar-refractivity contribution in [1.29, 1.82) is 0 Å². The highest BCUT2D eigenvalue weighted by Gasteiger charge is 2.13. The summed E-state index contributed by atoms with van der Waals surface area (Å²) in [6, 6.07) is 5.95. The quantitative estimate of drug-likeness (QED) is 0.877. The summed E-state index contributed by atoms with van der Waals surface area (Å²) in [5.41, 5.74) is 3.13. The van der Waals surface area contributed by atoms with Gasteiger partial charge in [-0.3, -0.25) is 4.79 Å². The van der Waals surface area contributed by atoms with E-state index in [4.69, 9.17) is 4.74 Å². The van der Waals surface area contributed by atoms with Crippen molar-refractivity contribution in [2.45, 2.75) is 26.7 Å². The topological polar surface area (TPSA) is 50.4 Å². The van der Waals surface area contributed by atoms with Gasteiger partial charge in [-0.05, 0) is 43.4 Å². The average Bonchev–Trinajstić information content (AvgIpc) is 2.40. The number of rotatable bonds is 4.